The number of ether oxygens (including phenoxy) is 2. The van der Waals surface area contributed by atoms with Gasteiger partial charge in [-0.3, -0.25) is 0 Å². The monoisotopic (exact) mass is 295 g/mol. The van der Waals surface area contributed by atoms with E-state index < -0.39 is 0 Å². The number of methoxy groups -OCH3 is 1. The van der Waals surface area contributed by atoms with Crippen LogP contribution in [0.2, 0.25) is 0 Å². The van der Waals surface area contributed by atoms with E-state index in [9.17, 15) is 4.39 Å². The first-order valence-corrected chi connectivity index (χ1v) is 7.77. The summed E-state index contributed by atoms with van der Waals surface area (Å²) in [6, 6.07) is 3.23. The van der Waals surface area contributed by atoms with Crippen molar-refractivity contribution in [2.45, 2.75) is 57.5 Å². The van der Waals surface area contributed by atoms with Crippen LogP contribution in [-0.2, 0) is 5.41 Å². The summed E-state index contributed by atoms with van der Waals surface area (Å²) in [6.07, 6.45) is 5.26. The zero-order valence-electron chi connectivity index (χ0n) is 13.2. The van der Waals surface area contributed by atoms with Crippen molar-refractivity contribution >= 4 is 0 Å². The minimum atomic E-state index is -0.258. The molecule has 0 unspecified atom stereocenters. The second kappa shape index (κ2) is 6.65. The molecule has 1 aromatic carbocycles. The third-order valence-corrected chi connectivity index (χ3v) is 4.39. The molecular formula is C17H26FNO2. The number of benzene rings is 1. The van der Waals surface area contributed by atoms with Crippen molar-refractivity contribution < 1.29 is 13.9 Å². The van der Waals surface area contributed by atoms with Gasteiger partial charge in [0.2, 0.25) is 0 Å². The van der Waals surface area contributed by atoms with E-state index in [1.54, 1.807) is 13.2 Å². The second-order valence-corrected chi connectivity index (χ2v) is 6.19. The molecule has 0 aromatic heterocycles. The van der Waals surface area contributed by atoms with E-state index in [0.717, 1.165) is 25.7 Å². The van der Waals surface area contributed by atoms with E-state index >= 15 is 0 Å². The molecule has 0 spiro atoms. The summed E-state index contributed by atoms with van der Waals surface area (Å²) in [5.74, 6) is 0.800. The molecule has 2 rings (SSSR count). The number of rotatable bonds is 5. The van der Waals surface area contributed by atoms with Gasteiger partial charge in [-0.15, -0.1) is 0 Å². The van der Waals surface area contributed by atoms with E-state index in [1.165, 1.54) is 12.5 Å². The van der Waals surface area contributed by atoms with Crippen LogP contribution in [0.5, 0.6) is 11.5 Å². The summed E-state index contributed by atoms with van der Waals surface area (Å²) in [5.41, 5.74) is 6.43. The lowest BCUT2D eigenvalue weighted by atomic mass is 9.69. The minimum Gasteiger partial charge on any atom is -0.493 e. The highest BCUT2D eigenvalue weighted by Gasteiger charge is 2.35. The highest BCUT2D eigenvalue weighted by molar-refractivity contribution is 5.46. The van der Waals surface area contributed by atoms with E-state index in [4.69, 9.17) is 15.2 Å². The second-order valence-electron chi connectivity index (χ2n) is 6.19. The molecule has 0 amide bonds. The van der Waals surface area contributed by atoms with Gasteiger partial charge in [0.05, 0.1) is 13.2 Å². The Morgan fingerprint density at radius 2 is 1.86 bits per heavy atom. The predicted molar refractivity (Wildman–Crippen MR) is 82.5 cm³/mol. The molecule has 1 aromatic rings. The first-order valence-electron chi connectivity index (χ1n) is 7.77. The predicted octanol–water partition coefficient (Wildman–Crippen LogP) is 3.78. The van der Waals surface area contributed by atoms with Crippen molar-refractivity contribution in [3.8, 4) is 11.5 Å². The maximum atomic E-state index is 14.6. The SMILES string of the molecule is COc1cc(C2(CN)CCCCC2)c(F)cc1OC(C)C. The molecule has 4 heteroatoms. The first-order chi connectivity index (χ1) is 10.0. The summed E-state index contributed by atoms with van der Waals surface area (Å²) in [6.45, 7) is 4.29. The summed E-state index contributed by atoms with van der Waals surface area (Å²) in [7, 11) is 1.58. The molecule has 1 aliphatic carbocycles. The molecule has 1 saturated carbocycles. The molecule has 0 radical (unpaired) electrons. The Labute approximate surface area is 126 Å². The number of hydrogen-bond donors (Lipinski definition) is 1. The Hall–Kier alpha value is -1.29. The number of halogens is 1. The summed E-state index contributed by atoms with van der Waals surface area (Å²) >= 11 is 0. The lowest BCUT2D eigenvalue weighted by Crippen LogP contribution is -2.38. The van der Waals surface area contributed by atoms with E-state index in [-0.39, 0.29) is 17.3 Å². The van der Waals surface area contributed by atoms with Crippen molar-refractivity contribution in [2.75, 3.05) is 13.7 Å². The molecule has 2 N–H and O–H groups in total. The molecule has 0 atom stereocenters. The third-order valence-electron chi connectivity index (χ3n) is 4.39. The largest absolute Gasteiger partial charge is 0.493 e. The van der Waals surface area contributed by atoms with Gasteiger partial charge in [0.1, 0.15) is 5.82 Å². The molecule has 0 heterocycles. The van der Waals surface area contributed by atoms with Crippen LogP contribution >= 0.6 is 0 Å². The molecule has 1 aliphatic rings. The van der Waals surface area contributed by atoms with Crippen LogP contribution in [0.25, 0.3) is 0 Å². The van der Waals surface area contributed by atoms with Crippen LogP contribution in [0, 0.1) is 5.82 Å². The highest BCUT2D eigenvalue weighted by atomic mass is 19.1. The van der Waals surface area contributed by atoms with Gasteiger partial charge in [-0.2, -0.15) is 0 Å². The third kappa shape index (κ3) is 3.31. The van der Waals surface area contributed by atoms with Gasteiger partial charge >= 0.3 is 0 Å². The quantitative estimate of drug-likeness (QED) is 0.899. The van der Waals surface area contributed by atoms with E-state index in [2.05, 4.69) is 0 Å². The van der Waals surface area contributed by atoms with E-state index in [0.29, 0.717) is 23.6 Å². The highest BCUT2D eigenvalue weighted by Crippen LogP contribution is 2.43. The maximum absolute atomic E-state index is 14.6. The molecule has 0 aliphatic heterocycles. The maximum Gasteiger partial charge on any atom is 0.164 e. The zero-order valence-corrected chi connectivity index (χ0v) is 13.2. The van der Waals surface area contributed by atoms with Crippen molar-refractivity contribution in [3.63, 3.8) is 0 Å². The van der Waals surface area contributed by atoms with Crippen LogP contribution in [0.3, 0.4) is 0 Å². The smallest absolute Gasteiger partial charge is 0.164 e. The van der Waals surface area contributed by atoms with Gasteiger partial charge in [0.15, 0.2) is 11.5 Å². The Morgan fingerprint density at radius 1 is 1.19 bits per heavy atom. The molecular weight excluding hydrogens is 269 g/mol. The van der Waals surface area contributed by atoms with Gasteiger partial charge in [-0.25, -0.2) is 4.39 Å². The average Bonchev–Trinajstić information content (AvgIpc) is 2.47. The Morgan fingerprint density at radius 3 is 2.38 bits per heavy atom. The molecule has 0 bridgehead atoms. The fourth-order valence-electron chi connectivity index (χ4n) is 3.26. The molecule has 0 saturated heterocycles. The minimum absolute atomic E-state index is 0.0256. The molecule has 3 nitrogen and oxygen atoms in total. The lowest BCUT2D eigenvalue weighted by molar-refractivity contribution is 0.227. The zero-order chi connectivity index (χ0) is 15.5. The Bertz CT molecular complexity index is 482. The molecule has 21 heavy (non-hydrogen) atoms. The Balaban J connectivity index is 2.43. The normalized spacial score (nSPS) is 17.8. The van der Waals surface area contributed by atoms with Gasteiger partial charge < -0.3 is 15.2 Å². The van der Waals surface area contributed by atoms with Crippen LogP contribution < -0.4 is 15.2 Å². The van der Waals surface area contributed by atoms with Crippen LogP contribution in [0.4, 0.5) is 4.39 Å². The van der Waals surface area contributed by atoms with Gasteiger partial charge in [-0.1, -0.05) is 19.3 Å². The van der Waals surface area contributed by atoms with Gasteiger partial charge in [0.25, 0.3) is 0 Å². The number of hydrogen-bond acceptors (Lipinski definition) is 3. The Kier molecular flexibility index (Phi) is 5.09. The van der Waals surface area contributed by atoms with Gasteiger partial charge in [-0.05, 0) is 38.3 Å². The fraction of sp³-hybridized carbons (Fsp3) is 0.647. The fourth-order valence-corrected chi connectivity index (χ4v) is 3.26. The van der Waals surface area contributed by atoms with Crippen LogP contribution in [0.1, 0.15) is 51.5 Å². The van der Waals surface area contributed by atoms with Crippen molar-refractivity contribution in [1.82, 2.24) is 0 Å². The summed E-state index contributed by atoms with van der Waals surface area (Å²) in [5, 5.41) is 0. The van der Waals surface area contributed by atoms with Crippen LogP contribution in [0.15, 0.2) is 12.1 Å². The molecule has 1 fully saturated rings. The van der Waals surface area contributed by atoms with E-state index in [1.807, 2.05) is 13.8 Å². The number of nitrogens with two attached hydrogens (primary N) is 1. The van der Waals surface area contributed by atoms with Crippen LogP contribution in [-0.4, -0.2) is 19.8 Å². The summed E-state index contributed by atoms with van der Waals surface area (Å²) in [4.78, 5) is 0. The standard InChI is InChI=1S/C17H26FNO2/c1-12(2)21-16-10-14(18)13(9-15(16)20-3)17(11-19)7-5-4-6-8-17/h9-10,12H,4-8,11,19H2,1-3H3. The van der Waals surface area contributed by atoms with Gasteiger partial charge in [0, 0.05) is 18.0 Å². The lowest BCUT2D eigenvalue weighted by Gasteiger charge is -2.37. The van der Waals surface area contributed by atoms with Crippen molar-refractivity contribution in [3.05, 3.63) is 23.5 Å². The average molecular weight is 295 g/mol. The molecule has 118 valence electrons. The first kappa shape index (κ1) is 16.1. The topological polar surface area (TPSA) is 44.5 Å². The van der Waals surface area contributed by atoms with Crippen molar-refractivity contribution in [2.24, 2.45) is 5.73 Å². The van der Waals surface area contributed by atoms with Crippen molar-refractivity contribution in [1.29, 1.82) is 0 Å². The summed E-state index contributed by atoms with van der Waals surface area (Å²) < 4.78 is 25.7.